The lowest BCUT2D eigenvalue weighted by Crippen LogP contribution is -2.60. The molecule has 0 bridgehead atoms. The summed E-state index contributed by atoms with van der Waals surface area (Å²) in [6.07, 6.45) is 1.71. The van der Waals surface area contributed by atoms with Crippen LogP contribution in [0.5, 0.6) is 0 Å². The second-order valence-corrected chi connectivity index (χ2v) is 11.1. The highest BCUT2D eigenvalue weighted by Crippen LogP contribution is 2.23. The number of nitrogens with one attached hydrogen (secondary N) is 5. The van der Waals surface area contributed by atoms with E-state index in [1.165, 1.54) is 13.0 Å². The zero-order chi connectivity index (χ0) is 29.4. The van der Waals surface area contributed by atoms with Gasteiger partial charge in [0.2, 0.25) is 17.9 Å². The monoisotopic (exact) mass is 567 g/mol. The third-order valence-corrected chi connectivity index (χ3v) is 6.73. The molecular weight excluding hydrogens is 526 g/mol. The third-order valence-electron chi connectivity index (χ3n) is 6.54. The van der Waals surface area contributed by atoms with Crippen LogP contribution in [-0.4, -0.2) is 77.7 Å². The number of thiocarbonyl (C=S) groups is 1. The van der Waals surface area contributed by atoms with Crippen LogP contribution >= 0.6 is 12.2 Å². The molecule has 5 amide bonds. The maximum atomic E-state index is 13.4. The molecule has 2 rings (SSSR count). The number of ketones is 1. The number of carbonyl (C=O) groups excluding carboxylic acids is 5. The predicted octanol–water partition coefficient (Wildman–Crippen LogP) is 0.694. The average Bonchev–Trinajstić information content (AvgIpc) is 3.22. The highest BCUT2D eigenvalue weighted by atomic mass is 32.1. The molecule has 0 radical (unpaired) electrons. The van der Waals surface area contributed by atoms with E-state index in [1.54, 1.807) is 19.9 Å². The van der Waals surface area contributed by atoms with Crippen molar-refractivity contribution in [1.29, 1.82) is 0 Å². The van der Waals surface area contributed by atoms with Gasteiger partial charge >= 0.3 is 11.3 Å². The van der Waals surface area contributed by atoms with Gasteiger partial charge in [-0.1, -0.05) is 53.7 Å². The summed E-state index contributed by atoms with van der Waals surface area (Å²) in [6, 6.07) is -4.08. The minimum Gasteiger partial charge on any atom is -0.447 e. The summed E-state index contributed by atoms with van der Waals surface area (Å²) in [5.74, 6) is -2.33. The highest BCUT2D eigenvalue weighted by Gasteiger charge is 2.46. The normalized spacial score (nSPS) is 26.1. The van der Waals surface area contributed by atoms with E-state index in [4.69, 9.17) is 21.7 Å². The van der Waals surface area contributed by atoms with Crippen LogP contribution in [0.4, 0.5) is 4.79 Å². The first-order chi connectivity index (χ1) is 18.2. The number of rotatable bonds is 8. The van der Waals surface area contributed by atoms with Crippen LogP contribution in [0.15, 0.2) is 12.2 Å². The lowest BCUT2D eigenvalue weighted by atomic mass is 9.93. The molecule has 6 atom stereocenters. The van der Waals surface area contributed by atoms with Crippen molar-refractivity contribution in [2.45, 2.75) is 91.3 Å². The number of Topliss-reactive ketones (excluding diaryl/α,β-unsaturated/α-hetero) is 1. The van der Waals surface area contributed by atoms with Gasteiger partial charge in [-0.2, -0.15) is 0 Å². The zero-order valence-corrected chi connectivity index (χ0v) is 24.3. The molecule has 0 aromatic carbocycles. The standard InChI is InChI=1S/C26H41N5O7S/c1-12(2)17(15(7)32)30-25(36)31-19(14(5)6)23(34)28-16-10-8-9-11-27-24(35)21-20(37-26(39)38-21)18(13(3)4)29-22(16)33/h8,10,12-14,16-21H,9,11H2,1-7H3,(H,27,35)(H,28,34)(H,29,33)(H2,30,31,36)/b10-8+/t16-,17-,18-,19-,20+,21-/m0/s1. The summed E-state index contributed by atoms with van der Waals surface area (Å²) in [5, 5.41) is 13.4. The van der Waals surface area contributed by atoms with E-state index in [0.717, 1.165) is 0 Å². The summed E-state index contributed by atoms with van der Waals surface area (Å²) in [4.78, 5) is 63.9. The summed E-state index contributed by atoms with van der Waals surface area (Å²) < 4.78 is 11.0. The molecule has 2 aliphatic rings. The Labute approximate surface area is 234 Å². The minimum atomic E-state index is -1.08. The second-order valence-electron chi connectivity index (χ2n) is 10.8. The molecule has 2 aliphatic heterocycles. The van der Waals surface area contributed by atoms with Crippen LogP contribution in [0.3, 0.4) is 0 Å². The van der Waals surface area contributed by atoms with Gasteiger partial charge < -0.3 is 36.1 Å². The van der Waals surface area contributed by atoms with Gasteiger partial charge in [-0.3, -0.25) is 19.2 Å². The Morgan fingerprint density at radius 3 is 2.15 bits per heavy atom. The Hall–Kier alpha value is -3.22. The molecule has 5 N–H and O–H groups in total. The minimum absolute atomic E-state index is 0.133. The number of carbonyl (C=O) groups is 5. The number of hydrogen-bond acceptors (Lipinski definition) is 8. The number of ether oxygens (including phenoxy) is 2. The van der Waals surface area contributed by atoms with Crippen molar-refractivity contribution in [3.05, 3.63) is 12.2 Å². The van der Waals surface area contributed by atoms with Crippen LogP contribution in [0, 0.1) is 17.8 Å². The lowest BCUT2D eigenvalue weighted by Gasteiger charge is -2.31. The molecule has 12 nitrogen and oxygen atoms in total. The molecule has 0 aromatic heterocycles. The number of fused-ring (bicyclic) bond motifs is 1. The van der Waals surface area contributed by atoms with E-state index in [9.17, 15) is 24.0 Å². The molecule has 39 heavy (non-hydrogen) atoms. The van der Waals surface area contributed by atoms with Gasteiger partial charge in [-0.15, -0.1) is 0 Å². The van der Waals surface area contributed by atoms with Crippen molar-refractivity contribution < 1.29 is 33.4 Å². The van der Waals surface area contributed by atoms with E-state index >= 15 is 0 Å². The van der Waals surface area contributed by atoms with Gasteiger partial charge in [-0.05, 0) is 31.1 Å². The van der Waals surface area contributed by atoms with Gasteiger partial charge in [0.05, 0.1) is 12.1 Å². The predicted molar refractivity (Wildman–Crippen MR) is 147 cm³/mol. The molecule has 0 aliphatic carbocycles. The molecule has 2 heterocycles. The largest absolute Gasteiger partial charge is 0.447 e. The number of hydrogen-bond donors (Lipinski definition) is 5. The lowest BCUT2D eigenvalue weighted by molar-refractivity contribution is -0.132. The molecule has 0 saturated carbocycles. The summed E-state index contributed by atoms with van der Waals surface area (Å²) in [6.45, 7) is 12.5. The summed E-state index contributed by atoms with van der Waals surface area (Å²) in [7, 11) is 0. The zero-order valence-electron chi connectivity index (χ0n) is 23.5. The first-order valence-electron chi connectivity index (χ1n) is 13.2. The Bertz CT molecular complexity index is 984. The third kappa shape index (κ3) is 8.91. The van der Waals surface area contributed by atoms with Crippen molar-refractivity contribution >= 4 is 47.0 Å². The summed E-state index contributed by atoms with van der Waals surface area (Å²) >= 11 is 5.02. The van der Waals surface area contributed by atoms with E-state index < -0.39 is 60.1 Å². The van der Waals surface area contributed by atoms with Crippen molar-refractivity contribution in [2.75, 3.05) is 6.54 Å². The maximum Gasteiger partial charge on any atom is 0.353 e. The van der Waals surface area contributed by atoms with Gasteiger partial charge in [0.15, 0.2) is 11.9 Å². The van der Waals surface area contributed by atoms with E-state index in [1.807, 2.05) is 27.7 Å². The fourth-order valence-electron chi connectivity index (χ4n) is 4.37. The fraction of sp³-hybridized carbons (Fsp3) is 0.692. The molecule has 1 saturated heterocycles. The van der Waals surface area contributed by atoms with Gasteiger partial charge in [0.25, 0.3) is 5.91 Å². The Balaban J connectivity index is 2.23. The number of amides is 5. The van der Waals surface area contributed by atoms with Crippen LogP contribution in [0.1, 0.15) is 54.9 Å². The van der Waals surface area contributed by atoms with E-state index in [0.29, 0.717) is 6.42 Å². The van der Waals surface area contributed by atoms with Gasteiger partial charge in [-0.25, -0.2) is 4.79 Å². The molecule has 0 unspecified atom stereocenters. The van der Waals surface area contributed by atoms with Crippen molar-refractivity contribution in [3.63, 3.8) is 0 Å². The van der Waals surface area contributed by atoms with E-state index in [-0.39, 0.29) is 35.3 Å². The maximum absolute atomic E-state index is 13.4. The molecule has 0 spiro atoms. The first kappa shape index (κ1) is 32.0. The fourth-order valence-corrected chi connectivity index (χ4v) is 4.59. The SMILES string of the molecule is CC(=O)[C@@H](NC(=O)N[C@H](C(=O)N[C@H]1/C=C/CCNC(=O)[C@H]2OC(=S)O[C@@H]2[C@H](C(C)C)NC1=O)C(C)C)C(C)C. The molecule has 1 fully saturated rings. The number of urea groups is 1. The molecule has 13 heteroatoms. The van der Waals surface area contributed by atoms with Crippen LogP contribution in [0.25, 0.3) is 0 Å². The van der Waals surface area contributed by atoms with Crippen LogP contribution < -0.4 is 26.6 Å². The van der Waals surface area contributed by atoms with Gasteiger partial charge in [0, 0.05) is 18.8 Å². The van der Waals surface area contributed by atoms with Crippen LogP contribution in [-0.2, 0) is 28.7 Å². The van der Waals surface area contributed by atoms with Crippen molar-refractivity contribution in [1.82, 2.24) is 26.6 Å². The van der Waals surface area contributed by atoms with Gasteiger partial charge in [0.1, 0.15) is 12.1 Å². The average molecular weight is 568 g/mol. The van der Waals surface area contributed by atoms with Crippen molar-refractivity contribution in [2.24, 2.45) is 17.8 Å². The topological polar surface area (TPSA) is 164 Å². The second kappa shape index (κ2) is 14.2. The molecule has 0 aromatic rings. The highest BCUT2D eigenvalue weighted by molar-refractivity contribution is 7.79. The molecule has 218 valence electrons. The van der Waals surface area contributed by atoms with Crippen LogP contribution in [0.2, 0.25) is 0 Å². The summed E-state index contributed by atoms with van der Waals surface area (Å²) in [5.41, 5.74) is 0. The van der Waals surface area contributed by atoms with E-state index in [2.05, 4.69) is 26.6 Å². The quantitative estimate of drug-likeness (QED) is 0.211. The smallest absolute Gasteiger partial charge is 0.353 e. The Kier molecular flexibility index (Phi) is 11.7. The Morgan fingerprint density at radius 2 is 1.59 bits per heavy atom. The van der Waals surface area contributed by atoms with Crippen molar-refractivity contribution in [3.8, 4) is 0 Å². The first-order valence-corrected chi connectivity index (χ1v) is 13.6. The Morgan fingerprint density at radius 1 is 0.974 bits per heavy atom. The molecular formula is C26H41N5O7S.